The van der Waals surface area contributed by atoms with Gasteiger partial charge in [-0.05, 0) is 43.0 Å². The van der Waals surface area contributed by atoms with Gasteiger partial charge in [0.15, 0.2) is 0 Å². The van der Waals surface area contributed by atoms with Gasteiger partial charge in [0.2, 0.25) is 0 Å². The molecule has 0 aliphatic heterocycles. The summed E-state index contributed by atoms with van der Waals surface area (Å²) in [5.74, 6) is -0.236. The van der Waals surface area contributed by atoms with Crippen molar-refractivity contribution in [3.63, 3.8) is 0 Å². The van der Waals surface area contributed by atoms with E-state index in [4.69, 9.17) is 0 Å². The Bertz CT molecular complexity index is 771. The highest BCUT2D eigenvalue weighted by atomic mass is 32.1. The molecule has 21 heavy (non-hydrogen) atoms. The van der Waals surface area contributed by atoms with E-state index in [9.17, 15) is 9.50 Å². The van der Waals surface area contributed by atoms with E-state index in [1.807, 2.05) is 6.07 Å². The van der Waals surface area contributed by atoms with E-state index in [-0.39, 0.29) is 5.82 Å². The number of aliphatic hydroxyl groups is 1. The van der Waals surface area contributed by atoms with E-state index in [0.29, 0.717) is 6.42 Å². The van der Waals surface area contributed by atoms with Crippen molar-refractivity contribution < 1.29 is 9.50 Å². The Balaban J connectivity index is 1.87. The molecule has 108 valence electrons. The van der Waals surface area contributed by atoms with E-state index in [0.717, 1.165) is 20.5 Å². The third kappa shape index (κ3) is 3.14. The van der Waals surface area contributed by atoms with Crippen LogP contribution in [0.4, 0.5) is 4.39 Å². The highest BCUT2D eigenvalue weighted by Gasteiger charge is 2.13. The first kappa shape index (κ1) is 14.2. The number of aryl methyl sites for hydroxylation is 2. The second kappa shape index (κ2) is 5.58. The SMILES string of the molecule is Cc1cc(C)cc(CC(O)c2cc3ccc(F)cc3s2)c1. The molecule has 0 spiro atoms. The number of rotatable bonds is 3. The average molecular weight is 300 g/mol. The Morgan fingerprint density at radius 2 is 1.76 bits per heavy atom. The minimum absolute atomic E-state index is 0.236. The fourth-order valence-corrected chi connectivity index (χ4v) is 3.78. The second-order valence-corrected chi connectivity index (χ2v) is 6.66. The van der Waals surface area contributed by atoms with Crippen molar-refractivity contribution in [3.05, 3.63) is 69.8 Å². The van der Waals surface area contributed by atoms with E-state index in [1.165, 1.54) is 34.6 Å². The van der Waals surface area contributed by atoms with Crippen LogP contribution in [0.15, 0.2) is 42.5 Å². The highest BCUT2D eigenvalue weighted by molar-refractivity contribution is 7.19. The second-order valence-electron chi connectivity index (χ2n) is 5.55. The summed E-state index contributed by atoms with van der Waals surface area (Å²) in [6.45, 7) is 4.12. The maximum Gasteiger partial charge on any atom is 0.124 e. The van der Waals surface area contributed by atoms with Crippen LogP contribution in [0, 0.1) is 19.7 Å². The van der Waals surface area contributed by atoms with Crippen LogP contribution >= 0.6 is 11.3 Å². The highest BCUT2D eigenvalue weighted by Crippen LogP contribution is 2.32. The van der Waals surface area contributed by atoms with Crippen LogP contribution in [0.25, 0.3) is 10.1 Å². The summed E-state index contributed by atoms with van der Waals surface area (Å²) < 4.78 is 14.1. The average Bonchev–Trinajstić information content (AvgIpc) is 2.80. The molecule has 0 saturated heterocycles. The molecule has 1 heterocycles. The van der Waals surface area contributed by atoms with Gasteiger partial charge >= 0.3 is 0 Å². The molecule has 3 heteroatoms. The molecule has 1 unspecified atom stereocenters. The predicted molar refractivity (Wildman–Crippen MR) is 86.4 cm³/mol. The smallest absolute Gasteiger partial charge is 0.124 e. The number of aliphatic hydroxyl groups excluding tert-OH is 1. The summed E-state index contributed by atoms with van der Waals surface area (Å²) >= 11 is 1.46. The zero-order valence-electron chi connectivity index (χ0n) is 12.1. The number of hydrogen-bond donors (Lipinski definition) is 1. The molecule has 3 aromatic rings. The van der Waals surface area contributed by atoms with Gasteiger partial charge in [0.1, 0.15) is 5.82 Å². The lowest BCUT2D eigenvalue weighted by atomic mass is 10.0. The fourth-order valence-electron chi connectivity index (χ4n) is 2.70. The van der Waals surface area contributed by atoms with E-state index >= 15 is 0 Å². The number of thiophene rings is 1. The summed E-state index contributed by atoms with van der Waals surface area (Å²) in [4.78, 5) is 0.884. The minimum Gasteiger partial charge on any atom is -0.387 e. The van der Waals surface area contributed by atoms with Crippen molar-refractivity contribution in [3.8, 4) is 0 Å². The molecule has 1 nitrogen and oxygen atoms in total. The van der Waals surface area contributed by atoms with Crippen molar-refractivity contribution in [1.82, 2.24) is 0 Å². The Hall–Kier alpha value is -1.71. The molecule has 1 atom stereocenters. The van der Waals surface area contributed by atoms with Crippen LogP contribution in [-0.2, 0) is 6.42 Å². The normalized spacial score (nSPS) is 12.8. The fraction of sp³-hybridized carbons (Fsp3) is 0.222. The van der Waals surface area contributed by atoms with E-state index < -0.39 is 6.10 Å². The Morgan fingerprint density at radius 3 is 2.48 bits per heavy atom. The molecule has 0 aliphatic carbocycles. The van der Waals surface area contributed by atoms with Crippen molar-refractivity contribution in [2.75, 3.05) is 0 Å². The first-order chi connectivity index (χ1) is 10.0. The van der Waals surface area contributed by atoms with Crippen LogP contribution in [0.1, 0.15) is 27.7 Å². The lowest BCUT2D eigenvalue weighted by Crippen LogP contribution is -2.00. The van der Waals surface area contributed by atoms with Gasteiger partial charge in [-0.25, -0.2) is 4.39 Å². The van der Waals surface area contributed by atoms with Crippen molar-refractivity contribution in [2.24, 2.45) is 0 Å². The summed E-state index contributed by atoms with van der Waals surface area (Å²) in [5, 5.41) is 11.4. The standard InChI is InChI=1S/C18H17FOS/c1-11-5-12(2)7-13(6-11)8-16(20)18-9-14-3-4-15(19)10-17(14)21-18/h3-7,9-10,16,20H,8H2,1-2H3. The molecule has 0 saturated carbocycles. The number of hydrogen-bond acceptors (Lipinski definition) is 2. The zero-order chi connectivity index (χ0) is 15.0. The van der Waals surface area contributed by atoms with E-state index in [1.54, 1.807) is 6.07 Å². The van der Waals surface area contributed by atoms with Gasteiger partial charge in [-0.2, -0.15) is 0 Å². The molecule has 1 aromatic heterocycles. The molecule has 1 N–H and O–H groups in total. The molecule has 3 rings (SSSR count). The molecule has 0 aliphatic rings. The number of halogens is 1. The van der Waals surface area contributed by atoms with Crippen LogP contribution < -0.4 is 0 Å². The minimum atomic E-state index is -0.549. The van der Waals surface area contributed by atoms with Gasteiger partial charge in [0.05, 0.1) is 6.10 Å². The lowest BCUT2D eigenvalue weighted by molar-refractivity contribution is 0.182. The monoisotopic (exact) mass is 300 g/mol. The Morgan fingerprint density at radius 1 is 1.05 bits per heavy atom. The van der Waals surface area contributed by atoms with Gasteiger partial charge in [0.25, 0.3) is 0 Å². The molecule has 0 fully saturated rings. The molecule has 2 aromatic carbocycles. The van der Waals surface area contributed by atoms with Crippen molar-refractivity contribution in [1.29, 1.82) is 0 Å². The first-order valence-corrected chi connectivity index (χ1v) is 7.77. The number of benzene rings is 2. The van der Waals surface area contributed by atoms with Crippen molar-refractivity contribution >= 4 is 21.4 Å². The summed E-state index contributed by atoms with van der Waals surface area (Å²) in [6, 6.07) is 13.0. The van der Waals surface area contributed by atoms with Gasteiger partial charge in [-0.1, -0.05) is 35.4 Å². The first-order valence-electron chi connectivity index (χ1n) is 6.95. The van der Waals surface area contributed by atoms with Gasteiger partial charge in [-0.15, -0.1) is 11.3 Å². The molecule has 0 bridgehead atoms. The molecular weight excluding hydrogens is 283 g/mol. The Labute approximate surface area is 127 Å². The zero-order valence-corrected chi connectivity index (χ0v) is 12.9. The summed E-state index contributed by atoms with van der Waals surface area (Å²) in [7, 11) is 0. The van der Waals surface area contributed by atoms with Crippen LogP contribution in [-0.4, -0.2) is 5.11 Å². The summed E-state index contributed by atoms with van der Waals surface area (Å²) in [5.41, 5.74) is 3.54. The molecule has 0 amide bonds. The van der Waals surface area contributed by atoms with Gasteiger partial charge < -0.3 is 5.11 Å². The van der Waals surface area contributed by atoms with Crippen LogP contribution in [0.5, 0.6) is 0 Å². The lowest BCUT2D eigenvalue weighted by Gasteiger charge is -2.10. The maximum atomic E-state index is 13.2. The van der Waals surface area contributed by atoms with Gasteiger partial charge in [0, 0.05) is 16.0 Å². The van der Waals surface area contributed by atoms with Crippen LogP contribution in [0.2, 0.25) is 0 Å². The van der Waals surface area contributed by atoms with Crippen LogP contribution in [0.3, 0.4) is 0 Å². The Kier molecular flexibility index (Phi) is 3.79. The largest absolute Gasteiger partial charge is 0.387 e. The third-order valence-corrected chi connectivity index (χ3v) is 4.74. The van der Waals surface area contributed by atoms with Gasteiger partial charge in [-0.3, -0.25) is 0 Å². The maximum absolute atomic E-state index is 13.2. The molecule has 0 radical (unpaired) electrons. The molecular formula is C18H17FOS. The topological polar surface area (TPSA) is 20.2 Å². The van der Waals surface area contributed by atoms with E-state index in [2.05, 4.69) is 32.0 Å². The predicted octanol–water partition coefficient (Wildman–Crippen LogP) is 4.93. The summed E-state index contributed by atoms with van der Waals surface area (Å²) in [6.07, 6.45) is 0.0318. The third-order valence-electron chi connectivity index (χ3n) is 3.54. The van der Waals surface area contributed by atoms with Crippen molar-refractivity contribution in [2.45, 2.75) is 26.4 Å². The quantitative estimate of drug-likeness (QED) is 0.727. The number of fused-ring (bicyclic) bond motifs is 1.